The van der Waals surface area contributed by atoms with Crippen LogP contribution in [0, 0.1) is 5.41 Å². The van der Waals surface area contributed by atoms with Crippen LogP contribution in [0.2, 0.25) is 19.6 Å². The molecule has 0 fully saturated rings. The van der Waals surface area contributed by atoms with Gasteiger partial charge in [0.25, 0.3) is 0 Å². The molecule has 0 aliphatic heterocycles. The highest BCUT2D eigenvalue weighted by molar-refractivity contribution is 6.78. The Labute approximate surface area is 106 Å². The van der Waals surface area contributed by atoms with E-state index in [1.165, 1.54) is 5.56 Å². The van der Waals surface area contributed by atoms with Crippen molar-refractivity contribution in [2.45, 2.75) is 51.6 Å². The molecule has 2 atom stereocenters. The standard InChI is InChI=1S/C15H24OSi/c1-14(2,3)15(16)12-10-8-7-9-11(12)13(15)17(4,5)6/h7-10,13,16H,1-6H3/t13-,15+/m1/s1. The minimum Gasteiger partial charge on any atom is -0.384 e. The lowest BCUT2D eigenvalue weighted by atomic mass is 9.60. The van der Waals surface area contributed by atoms with Gasteiger partial charge in [-0.15, -0.1) is 0 Å². The third-order valence-corrected chi connectivity index (χ3v) is 6.57. The summed E-state index contributed by atoms with van der Waals surface area (Å²) in [7, 11) is -1.42. The van der Waals surface area contributed by atoms with Gasteiger partial charge >= 0.3 is 0 Å². The maximum Gasteiger partial charge on any atom is 0.0991 e. The van der Waals surface area contributed by atoms with Gasteiger partial charge in [0.2, 0.25) is 0 Å². The van der Waals surface area contributed by atoms with Gasteiger partial charge in [0.05, 0.1) is 13.7 Å². The van der Waals surface area contributed by atoms with Gasteiger partial charge in [-0.05, 0) is 16.5 Å². The number of hydrogen-bond acceptors (Lipinski definition) is 1. The molecule has 0 radical (unpaired) electrons. The highest BCUT2D eigenvalue weighted by atomic mass is 28.3. The Kier molecular flexibility index (Phi) is 2.61. The molecule has 0 amide bonds. The van der Waals surface area contributed by atoms with Gasteiger partial charge in [0.1, 0.15) is 0 Å². The van der Waals surface area contributed by atoms with Crippen LogP contribution >= 0.6 is 0 Å². The van der Waals surface area contributed by atoms with Crippen LogP contribution in [0.5, 0.6) is 0 Å². The average Bonchev–Trinajstić information content (AvgIpc) is 2.12. The zero-order valence-electron chi connectivity index (χ0n) is 11.8. The van der Waals surface area contributed by atoms with E-state index < -0.39 is 13.7 Å². The van der Waals surface area contributed by atoms with Crippen LogP contribution in [0.4, 0.5) is 0 Å². The van der Waals surface area contributed by atoms with Gasteiger partial charge in [0, 0.05) is 5.54 Å². The van der Waals surface area contributed by atoms with Gasteiger partial charge in [-0.1, -0.05) is 64.7 Å². The Morgan fingerprint density at radius 1 is 1.12 bits per heavy atom. The molecule has 1 aromatic carbocycles. The number of aliphatic hydroxyl groups is 1. The predicted octanol–water partition coefficient (Wildman–Crippen LogP) is 3.89. The van der Waals surface area contributed by atoms with Crippen molar-refractivity contribution in [2.75, 3.05) is 0 Å². The van der Waals surface area contributed by atoms with E-state index in [4.69, 9.17) is 0 Å². The average molecular weight is 248 g/mol. The molecule has 2 rings (SSSR count). The van der Waals surface area contributed by atoms with Crippen LogP contribution in [0.25, 0.3) is 0 Å². The molecule has 94 valence electrons. The smallest absolute Gasteiger partial charge is 0.0991 e. The lowest BCUT2D eigenvalue weighted by Gasteiger charge is -2.59. The summed E-state index contributed by atoms with van der Waals surface area (Å²) in [4.78, 5) is 0. The fraction of sp³-hybridized carbons (Fsp3) is 0.600. The van der Waals surface area contributed by atoms with Crippen LogP contribution in [-0.2, 0) is 5.60 Å². The Morgan fingerprint density at radius 3 is 2.12 bits per heavy atom. The summed E-state index contributed by atoms with van der Waals surface area (Å²) >= 11 is 0. The number of fused-ring (bicyclic) bond motifs is 1. The van der Waals surface area contributed by atoms with Gasteiger partial charge in [-0.3, -0.25) is 0 Å². The Hall–Kier alpha value is -0.603. The van der Waals surface area contributed by atoms with Crippen LogP contribution in [0.3, 0.4) is 0 Å². The van der Waals surface area contributed by atoms with Crippen LogP contribution in [-0.4, -0.2) is 13.2 Å². The van der Waals surface area contributed by atoms with Gasteiger partial charge in [0.15, 0.2) is 0 Å². The van der Waals surface area contributed by atoms with E-state index >= 15 is 0 Å². The summed E-state index contributed by atoms with van der Waals surface area (Å²) < 4.78 is 0. The molecule has 0 saturated heterocycles. The lowest BCUT2D eigenvalue weighted by molar-refractivity contribution is -0.0922. The molecule has 1 nitrogen and oxygen atoms in total. The first kappa shape index (κ1) is 12.8. The van der Waals surface area contributed by atoms with E-state index in [0.717, 1.165) is 5.56 Å². The number of benzene rings is 1. The molecule has 2 heteroatoms. The molecule has 1 aliphatic carbocycles. The molecule has 1 aromatic rings. The number of rotatable bonds is 1. The van der Waals surface area contributed by atoms with E-state index in [9.17, 15) is 5.11 Å². The van der Waals surface area contributed by atoms with Gasteiger partial charge in [-0.25, -0.2) is 0 Å². The molecule has 0 aromatic heterocycles. The molecule has 1 N–H and O–H groups in total. The molecular formula is C15H24OSi. The molecule has 17 heavy (non-hydrogen) atoms. The SMILES string of the molecule is CC(C)(C)[C@]1(O)c2ccccc2[C@H]1[Si](C)(C)C. The van der Waals surface area contributed by atoms with E-state index in [0.29, 0.717) is 5.54 Å². The first-order chi connectivity index (χ1) is 7.60. The molecular weight excluding hydrogens is 224 g/mol. The third kappa shape index (κ3) is 1.61. The van der Waals surface area contributed by atoms with Crippen LogP contribution < -0.4 is 0 Å². The molecule has 0 unspecified atom stereocenters. The minimum absolute atomic E-state index is 0.105. The fourth-order valence-electron chi connectivity index (χ4n) is 3.33. The minimum atomic E-state index is -1.42. The highest BCUT2D eigenvalue weighted by Gasteiger charge is 2.60. The molecule has 0 bridgehead atoms. The topological polar surface area (TPSA) is 20.2 Å². The highest BCUT2D eigenvalue weighted by Crippen LogP contribution is 2.61. The summed E-state index contributed by atoms with van der Waals surface area (Å²) in [5, 5.41) is 11.2. The van der Waals surface area contributed by atoms with Crippen molar-refractivity contribution in [1.29, 1.82) is 0 Å². The monoisotopic (exact) mass is 248 g/mol. The molecule has 0 saturated carbocycles. The first-order valence-electron chi connectivity index (χ1n) is 6.42. The summed E-state index contributed by atoms with van der Waals surface area (Å²) in [6.07, 6.45) is 0. The maximum atomic E-state index is 11.2. The van der Waals surface area contributed by atoms with E-state index in [1.807, 2.05) is 6.07 Å². The molecule has 0 heterocycles. The summed E-state index contributed by atoms with van der Waals surface area (Å²) in [6, 6.07) is 8.42. The zero-order chi connectivity index (χ0) is 13.1. The Morgan fingerprint density at radius 2 is 1.65 bits per heavy atom. The molecule has 0 spiro atoms. The van der Waals surface area contributed by atoms with Crippen molar-refractivity contribution in [2.24, 2.45) is 5.41 Å². The summed E-state index contributed by atoms with van der Waals surface area (Å²) in [5.41, 5.74) is 2.13. The summed E-state index contributed by atoms with van der Waals surface area (Å²) in [6.45, 7) is 13.5. The normalized spacial score (nSPS) is 28.5. The van der Waals surface area contributed by atoms with Crippen molar-refractivity contribution < 1.29 is 5.11 Å². The second kappa shape index (κ2) is 3.45. The maximum absolute atomic E-state index is 11.2. The lowest BCUT2D eigenvalue weighted by Crippen LogP contribution is -2.60. The third-order valence-electron chi connectivity index (χ3n) is 4.11. The first-order valence-corrected chi connectivity index (χ1v) is 9.99. The van der Waals surface area contributed by atoms with Gasteiger partial charge < -0.3 is 5.11 Å². The van der Waals surface area contributed by atoms with Crippen LogP contribution in [0.15, 0.2) is 24.3 Å². The van der Waals surface area contributed by atoms with Crippen molar-refractivity contribution >= 4 is 8.07 Å². The van der Waals surface area contributed by atoms with E-state index in [2.05, 4.69) is 58.6 Å². The zero-order valence-corrected chi connectivity index (χ0v) is 12.8. The summed E-state index contributed by atoms with van der Waals surface area (Å²) in [5.74, 6) is 0. The number of hydrogen-bond donors (Lipinski definition) is 1. The largest absolute Gasteiger partial charge is 0.384 e. The van der Waals surface area contributed by atoms with E-state index in [-0.39, 0.29) is 5.41 Å². The van der Waals surface area contributed by atoms with E-state index in [1.54, 1.807) is 0 Å². The Balaban J connectivity index is 2.61. The van der Waals surface area contributed by atoms with Crippen LogP contribution in [0.1, 0.15) is 37.4 Å². The molecule has 1 aliphatic rings. The van der Waals surface area contributed by atoms with Gasteiger partial charge in [-0.2, -0.15) is 0 Å². The second-order valence-electron chi connectivity index (χ2n) is 7.40. The van der Waals surface area contributed by atoms with Crippen molar-refractivity contribution in [3.63, 3.8) is 0 Å². The predicted molar refractivity (Wildman–Crippen MR) is 75.9 cm³/mol. The van der Waals surface area contributed by atoms with Crippen molar-refractivity contribution in [3.05, 3.63) is 35.4 Å². The Bertz CT molecular complexity index is 439. The second-order valence-corrected chi connectivity index (χ2v) is 12.7. The van der Waals surface area contributed by atoms with Crippen molar-refractivity contribution in [1.82, 2.24) is 0 Å². The fourth-order valence-corrected chi connectivity index (χ4v) is 6.36. The van der Waals surface area contributed by atoms with Crippen molar-refractivity contribution in [3.8, 4) is 0 Å². The quantitative estimate of drug-likeness (QED) is 0.747.